The molecule has 0 aliphatic heterocycles. The molecule has 0 amide bonds. The molecule has 42 valence electrons. The second-order valence-electron chi connectivity index (χ2n) is 1.09. The molecule has 0 rings (SSSR count). The van der Waals surface area contributed by atoms with E-state index in [2.05, 4.69) is 0 Å². The largest absolute Gasteiger partial charge is 0.421 e. The summed E-state index contributed by atoms with van der Waals surface area (Å²) in [4.78, 5) is 0. The minimum Gasteiger partial charge on any atom is -0.251 e. The highest BCUT2D eigenvalue weighted by atomic mass is 32.2. The molecule has 0 aromatic carbocycles. The molecule has 0 spiro atoms. The van der Waals surface area contributed by atoms with Gasteiger partial charge in [0.1, 0.15) is 6.42 Å². The van der Waals surface area contributed by atoms with E-state index in [1.807, 2.05) is 0 Å². The van der Waals surface area contributed by atoms with Crippen molar-refractivity contribution in [3.8, 4) is 0 Å². The van der Waals surface area contributed by atoms with Crippen molar-refractivity contribution in [3.63, 3.8) is 0 Å². The maximum atomic E-state index is 9.73. The molecule has 0 saturated carbocycles. The van der Waals surface area contributed by atoms with Gasteiger partial charge in [0.15, 0.2) is 0 Å². The van der Waals surface area contributed by atoms with Gasteiger partial charge in [-0.2, -0.15) is 8.42 Å². The average molecular weight is 123 g/mol. The number of hydrogen-bond acceptors (Lipinski definition) is 2. The fraction of sp³-hybridized carbons (Fsp3) is 0.667. The van der Waals surface area contributed by atoms with Crippen LogP contribution < -0.4 is 0 Å². The molecule has 0 atom stereocenters. The van der Waals surface area contributed by atoms with Gasteiger partial charge in [-0.1, -0.05) is 0 Å². The zero-order valence-electron chi connectivity index (χ0n) is 3.96. The van der Waals surface area contributed by atoms with Crippen molar-refractivity contribution < 1.29 is 13.0 Å². The van der Waals surface area contributed by atoms with Crippen molar-refractivity contribution in [1.82, 2.24) is 0 Å². The molecule has 0 aliphatic rings. The molecular weight excluding hydrogens is 116 g/mol. The molecule has 0 radical (unpaired) electrons. The van der Waals surface area contributed by atoms with Gasteiger partial charge in [0.25, 0.3) is 0 Å². The van der Waals surface area contributed by atoms with Crippen molar-refractivity contribution in [1.29, 1.82) is 0 Å². The maximum absolute atomic E-state index is 9.73. The summed E-state index contributed by atoms with van der Waals surface area (Å²) in [7, 11) is -3.80. The highest BCUT2D eigenvalue weighted by Gasteiger charge is 2.11. The van der Waals surface area contributed by atoms with Gasteiger partial charge in [0.2, 0.25) is 5.75 Å². The van der Waals surface area contributed by atoms with Gasteiger partial charge in [-0.25, -0.2) is 0 Å². The van der Waals surface area contributed by atoms with Crippen LogP contribution in [0, 0.1) is 5.75 Å². The molecule has 7 heavy (non-hydrogen) atoms. The fourth-order valence-corrected chi connectivity index (χ4v) is 0.632. The summed E-state index contributed by atoms with van der Waals surface area (Å²) in [5, 5.41) is 0. The van der Waals surface area contributed by atoms with Gasteiger partial charge < -0.3 is 0 Å². The molecule has 0 unspecified atom stereocenters. The predicted octanol–water partition coefficient (Wildman–Crippen LogP) is 0.446. The zero-order valence-corrected chi connectivity index (χ0v) is 4.77. The van der Waals surface area contributed by atoms with Gasteiger partial charge in [0, 0.05) is 0 Å². The average Bonchev–Trinajstić information content (AvgIpc) is 1.30. The van der Waals surface area contributed by atoms with Crippen LogP contribution in [-0.4, -0.2) is 13.0 Å². The summed E-state index contributed by atoms with van der Waals surface area (Å²) in [6.45, 7) is 1.63. The molecule has 0 aromatic heterocycles. The lowest BCUT2D eigenvalue weighted by Gasteiger charge is -1.74. The monoisotopic (exact) mass is 123 g/mol. The molecule has 0 fully saturated rings. The fourth-order valence-electron chi connectivity index (χ4n) is 0.211. The van der Waals surface area contributed by atoms with E-state index in [0.29, 0.717) is 6.42 Å². The molecule has 0 heterocycles. The predicted molar refractivity (Wildman–Crippen MR) is 26.1 cm³/mol. The first kappa shape index (κ1) is 6.78. The van der Waals surface area contributed by atoms with Crippen molar-refractivity contribution in [3.05, 3.63) is 5.75 Å². The van der Waals surface area contributed by atoms with Crippen molar-refractivity contribution in [2.45, 2.75) is 13.3 Å². The van der Waals surface area contributed by atoms with E-state index in [4.69, 9.17) is 4.55 Å². The molecule has 0 aliphatic carbocycles. The van der Waals surface area contributed by atoms with Crippen molar-refractivity contribution >= 4 is 10.1 Å². The third-order valence-electron chi connectivity index (χ3n) is 0.377. The summed E-state index contributed by atoms with van der Waals surface area (Å²) < 4.78 is 27.4. The highest BCUT2D eigenvalue weighted by molar-refractivity contribution is 7.87. The lowest BCUT2D eigenvalue weighted by Crippen LogP contribution is -1.94. The minimum atomic E-state index is -3.80. The lowest BCUT2D eigenvalue weighted by atomic mass is 10.6. The van der Waals surface area contributed by atoms with Crippen LogP contribution in [0.25, 0.3) is 0 Å². The molecule has 1 N–H and O–H groups in total. The Balaban J connectivity index is 3.60. The standard InChI is InChI=1S/C3H6O3S/c1-2-3-7(4,5)6/h3H,2H2,1H3/p+1. The van der Waals surface area contributed by atoms with Gasteiger partial charge in [0.05, 0.1) is 0 Å². The molecule has 0 aromatic rings. The summed E-state index contributed by atoms with van der Waals surface area (Å²) >= 11 is 0. The Hall–Kier alpha value is -0.220. The zero-order chi connectivity index (χ0) is 5.91. The van der Waals surface area contributed by atoms with Gasteiger partial charge >= 0.3 is 10.1 Å². The Kier molecular flexibility index (Phi) is 2.11. The summed E-state index contributed by atoms with van der Waals surface area (Å²) in [6.07, 6.45) is 0.346. The van der Waals surface area contributed by atoms with E-state index in [9.17, 15) is 8.42 Å². The van der Waals surface area contributed by atoms with Crippen molar-refractivity contribution in [2.75, 3.05) is 0 Å². The van der Waals surface area contributed by atoms with Crippen LogP contribution in [0.5, 0.6) is 0 Å². The Morgan fingerprint density at radius 2 is 2.14 bits per heavy atom. The topological polar surface area (TPSA) is 54.4 Å². The van der Waals surface area contributed by atoms with E-state index in [-0.39, 0.29) is 0 Å². The summed E-state index contributed by atoms with van der Waals surface area (Å²) in [6, 6.07) is 0. The second kappa shape index (κ2) is 2.18. The number of hydrogen-bond donors (Lipinski definition) is 1. The van der Waals surface area contributed by atoms with E-state index >= 15 is 0 Å². The maximum Gasteiger partial charge on any atom is 0.421 e. The first-order chi connectivity index (χ1) is 3.06. The van der Waals surface area contributed by atoms with E-state index in [1.54, 1.807) is 6.92 Å². The lowest BCUT2D eigenvalue weighted by molar-refractivity contribution is 0.489. The van der Waals surface area contributed by atoms with Gasteiger partial charge in [-0.15, -0.1) is 0 Å². The van der Waals surface area contributed by atoms with E-state index in [0.717, 1.165) is 5.75 Å². The summed E-state index contributed by atoms with van der Waals surface area (Å²) in [5.41, 5.74) is 0. The van der Waals surface area contributed by atoms with Gasteiger partial charge in [-0.3, -0.25) is 4.55 Å². The van der Waals surface area contributed by atoms with Gasteiger partial charge in [-0.05, 0) is 6.92 Å². The Bertz CT molecular complexity index is 123. The summed E-state index contributed by atoms with van der Waals surface area (Å²) in [5.74, 6) is 0.840. The van der Waals surface area contributed by atoms with Crippen LogP contribution in [0.4, 0.5) is 0 Å². The van der Waals surface area contributed by atoms with E-state index in [1.165, 1.54) is 0 Å². The van der Waals surface area contributed by atoms with Crippen LogP contribution in [0.15, 0.2) is 0 Å². The van der Waals surface area contributed by atoms with Crippen LogP contribution in [-0.2, 0) is 10.1 Å². The smallest absolute Gasteiger partial charge is 0.251 e. The Morgan fingerprint density at radius 1 is 1.71 bits per heavy atom. The highest BCUT2D eigenvalue weighted by Crippen LogP contribution is 1.91. The molecule has 3 nitrogen and oxygen atoms in total. The van der Waals surface area contributed by atoms with Crippen molar-refractivity contribution in [2.24, 2.45) is 0 Å². The third kappa shape index (κ3) is 5.78. The number of rotatable bonds is 2. The molecule has 0 bridgehead atoms. The first-order valence-electron chi connectivity index (χ1n) is 1.87. The molecule has 0 saturated heterocycles. The van der Waals surface area contributed by atoms with Crippen LogP contribution in [0.1, 0.15) is 13.3 Å². The quantitative estimate of drug-likeness (QED) is 0.428. The van der Waals surface area contributed by atoms with E-state index < -0.39 is 10.1 Å². The van der Waals surface area contributed by atoms with Crippen LogP contribution in [0.2, 0.25) is 0 Å². The van der Waals surface area contributed by atoms with Crippen LogP contribution >= 0.6 is 0 Å². The molecular formula is C3H7O3S+. The SMILES string of the molecule is CC[CH+]S(=O)(=O)O. The molecule has 4 heteroatoms. The Labute approximate surface area is 43.1 Å². The normalized spacial score (nSPS) is 11.1. The second-order valence-corrected chi connectivity index (χ2v) is 2.45. The van der Waals surface area contributed by atoms with Crippen LogP contribution in [0.3, 0.4) is 0 Å². The minimum absolute atomic E-state index is 0.346. The first-order valence-corrected chi connectivity index (χ1v) is 3.37. The third-order valence-corrected chi connectivity index (χ3v) is 1.13. The Morgan fingerprint density at radius 3 is 2.14 bits per heavy atom.